The highest BCUT2D eigenvalue weighted by Crippen LogP contribution is 2.15. The molecule has 0 radical (unpaired) electrons. The highest BCUT2D eigenvalue weighted by Gasteiger charge is 2.14. The van der Waals surface area contributed by atoms with Gasteiger partial charge in [-0.2, -0.15) is 0 Å². The van der Waals surface area contributed by atoms with Gasteiger partial charge in [-0.15, -0.1) is 0 Å². The Hall–Kier alpha value is -2.40. The fourth-order valence-corrected chi connectivity index (χ4v) is 2.56. The molecule has 1 heterocycles. The molecule has 0 aliphatic carbocycles. The first-order valence-electron chi connectivity index (χ1n) is 8.53. The second-order valence-corrected chi connectivity index (χ2v) is 6.33. The molecule has 0 bridgehead atoms. The molecule has 5 heteroatoms. The lowest BCUT2D eigenvalue weighted by Crippen LogP contribution is -2.36. The highest BCUT2D eigenvalue weighted by molar-refractivity contribution is 5.76. The van der Waals surface area contributed by atoms with Gasteiger partial charge in [0, 0.05) is 38.4 Å². The summed E-state index contributed by atoms with van der Waals surface area (Å²) >= 11 is 0. The minimum absolute atomic E-state index is 0.168. The Morgan fingerprint density at radius 2 is 1.84 bits per heavy atom. The summed E-state index contributed by atoms with van der Waals surface area (Å²) in [6, 6.07) is 11.8. The molecular formula is C20H27N3O2. The number of aromatic nitrogens is 1. The Kier molecular flexibility index (Phi) is 7.41. The molecule has 0 saturated carbocycles. The number of methoxy groups -OCH3 is 1. The third-order valence-electron chi connectivity index (χ3n) is 4.05. The average molecular weight is 341 g/mol. The van der Waals surface area contributed by atoms with E-state index in [0.717, 1.165) is 23.4 Å². The van der Waals surface area contributed by atoms with Crippen molar-refractivity contribution in [1.29, 1.82) is 0 Å². The molecule has 0 fully saturated rings. The standard InChI is InChI=1S/C20H27N3O2/c1-22(2)13-14-23(16-18-9-11-21-12-10-18)20(24)8-7-17-5-4-6-19(15-17)25-3/h4-6,9-12,15H,7-8,13-14,16H2,1-3H3. The van der Waals surface area contributed by atoms with Crippen molar-refractivity contribution in [3.8, 4) is 5.75 Å². The smallest absolute Gasteiger partial charge is 0.223 e. The molecule has 0 spiro atoms. The van der Waals surface area contributed by atoms with Gasteiger partial charge in [0.2, 0.25) is 5.91 Å². The van der Waals surface area contributed by atoms with Crippen molar-refractivity contribution in [2.75, 3.05) is 34.3 Å². The number of hydrogen-bond donors (Lipinski definition) is 0. The number of hydrogen-bond acceptors (Lipinski definition) is 4. The summed E-state index contributed by atoms with van der Waals surface area (Å²) in [5.74, 6) is 0.993. The van der Waals surface area contributed by atoms with Crippen LogP contribution in [0, 0.1) is 0 Å². The van der Waals surface area contributed by atoms with Crippen LogP contribution in [0.3, 0.4) is 0 Å². The molecule has 134 valence electrons. The van der Waals surface area contributed by atoms with Crippen LogP contribution in [0.5, 0.6) is 5.75 Å². The Balaban J connectivity index is 1.98. The van der Waals surface area contributed by atoms with Gasteiger partial charge in [0.1, 0.15) is 5.75 Å². The number of benzene rings is 1. The van der Waals surface area contributed by atoms with E-state index in [-0.39, 0.29) is 5.91 Å². The van der Waals surface area contributed by atoms with Crippen molar-refractivity contribution in [3.05, 3.63) is 59.9 Å². The first kappa shape index (κ1) is 18.9. The molecule has 0 atom stereocenters. The Morgan fingerprint density at radius 3 is 2.52 bits per heavy atom. The number of likely N-dealkylation sites (N-methyl/N-ethyl adjacent to an activating group) is 1. The summed E-state index contributed by atoms with van der Waals surface area (Å²) in [6.45, 7) is 2.18. The predicted octanol–water partition coefficient (Wildman–Crippen LogP) is 2.61. The highest BCUT2D eigenvalue weighted by atomic mass is 16.5. The second-order valence-electron chi connectivity index (χ2n) is 6.33. The van der Waals surface area contributed by atoms with Gasteiger partial charge in [-0.1, -0.05) is 12.1 Å². The van der Waals surface area contributed by atoms with Gasteiger partial charge in [0.25, 0.3) is 0 Å². The molecule has 2 aromatic rings. The molecule has 0 N–H and O–H groups in total. The van der Waals surface area contributed by atoms with E-state index >= 15 is 0 Å². The van der Waals surface area contributed by atoms with Crippen LogP contribution in [0.25, 0.3) is 0 Å². The number of rotatable bonds is 9. The molecule has 2 rings (SSSR count). The van der Waals surface area contributed by atoms with E-state index in [1.807, 2.05) is 55.4 Å². The number of ether oxygens (including phenoxy) is 1. The van der Waals surface area contributed by atoms with E-state index < -0.39 is 0 Å². The Labute approximate surface area is 150 Å². The van der Waals surface area contributed by atoms with Crippen LogP contribution in [0.2, 0.25) is 0 Å². The van der Waals surface area contributed by atoms with E-state index in [4.69, 9.17) is 4.74 Å². The van der Waals surface area contributed by atoms with E-state index in [0.29, 0.717) is 25.9 Å². The average Bonchev–Trinajstić information content (AvgIpc) is 2.64. The molecule has 0 aliphatic heterocycles. The number of amides is 1. The number of nitrogens with zero attached hydrogens (tertiary/aromatic N) is 3. The topological polar surface area (TPSA) is 45.7 Å². The summed E-state index contributed by atoms with van der Waals surface area (Å²) in [6.07, 6.45) is 4.73. The summed E-state index contributed by atoms with van der Waals surface area (Å²) in [7, 11) is 5.69. The van der Waals surface area contributed by atoms with Crippen molar-refractivity contribution >= 4 is 5.91 Å². The van der Waals surface area contributed by atoms with E-state index in [2.05, 4.69) is 9.88 Å². The largest absolute Gasteiger partial charge is 0.497 e. The summed E-state index contributed by atoms with van der Waals surface area (Å²) in [5.41, 5.74) is 2.22. The minimum Gasteiger partial charge on any atom is -0.497 e. The zero-order valence-corrected chi connectivity index (χ0v) is 15.3. The lowest BCUT2D eigenvalue weighted by atomic mass is 10.1. The van der Waals surface area contributed by atoms with Gasteiger partial charge in [-0.25, -0.2) is 0 Å². The van der Waals surface area contributed by atoms with Crippen LogP contribution in [0.15, 0.2) is 48.8 Å². The van der Waals surface area contributed by atoms with Crippen LogP contribution in [-0.4, -0.2) is 55.0 Å². The molecule has 25 heavy (non-hydrogen) atoms. The summed E-state index contributed by atoms with van der Waals surface area (Å²) < 4.78 is 5.25. The first-order valence-corrected chi connectivity index (χ1v) is 8.53. The molecule has 1 aromatic carbocycles. The van der Waals surface area contributed by atoms with Crippen molar-refractivity contribution < 1.29 is 9.53 Å². The Bertz CT molecular complexity index is 659. The number of aryl methyl sites for hydroxylation is 1. The normalized spacial score (nSPS) is 10.7. The lowest BCUT2D eigenvalue weighted by Gasteiger charge is -2.24. The maximum absolute atomic E-state index is 12.7. The lowest BCUT2D eigenvalue weighted by molar-refractivity contribution is -0.131. The number of pyridine rings is 1. The van der Waals surface area contributed by atoms with Crippen LogP contribution in [-0.2, 0) is 17.8 Å². The van der Waals surface area contributed by atoms with Crippen LogP contribution in [0.1, 0.15) is 17.5 Å². The zero-order valence-electron chi connectivity index (χ0n) is 15.3. The SMILES string of the molecule is COc1cccc(CCC(=O)N(CCN(C)C)Cc2ccncc2)c1. The van der Waals surface area contributed by atoms with E-state index in [1.165, 1.54) is 0 Å². The van der Waals surface area contributed by atoms with Gasteiger partial charge in [0.15, 0.2) is 0 Å². The quantitative estimate of drug-likeness (QED) is 0.703. The third kappa shape index (κ3) is 6.55. The summed E-state index contributed by atoms with van der Waals surface area (Å²) in [4.78, 5) is 20.8. The van der Waals surface area contributed by atoms with E-state index in [1.54, 1.807) is 19.5 Å². The maximum atomic E-state index is 12.7. The predicted molar refractivity (Wildman–Crippen MR) is 99.5 cm³/mol. The second kappa shape index (κ2) is 9.79. The van der Waals surface area contributed by atoms with Gasteiger partial charge < -0.3 is 14.5 Å². The molecule has 5 nitrogen and oxygen atoms in total. The zero-order chi connectivity index (χ0) is 18.1. The first-order chi connectivity index (χ1) is 12.1. The number of carbonyl (C=O) groups is 1. The van der Waals surface area contributed by atoms with Gasteiger partial charge in [-0.3, -0.25) is 9.78 Å². The third-order valence-corrected chi connectivity index (χ3v) is 4.05. The van der Waals surface area contributed by atoms with Gasteiger partial charge in [0.05, 0.1) is 7.11 Å². The fourth-order valence-electron chi connectivity index (χ4n) is 2.56. The molecule has 0 saturated heterocycles. The summed E-state index contributed by atoms with van der Waals surface area (Å²) in [5, 5.41) is 0. The van der Waals surface area contributed by atoms with Gasteiger partial charge >= 0.3 is 0 Å². The van der Waals surface area contributed by atoms with Crippen LogP contribution in [0.4, 0.5) is 0 Å². The van der Waals surface area contributed by atoms with Crippen molar-refractivity contribution in [3.63, 3.8) is 0 Å². The number of carbonyl (C=O) groups excluding carboxylic acids is 1. The molecule has 1 amide bonds. The Morgan fingerprint density at radius 1 is 1.08 bits per heavy atom. The monoisotopic (exact) mass is 341 g/mol. The molecule has 0 unspecified atom stereocenters. The van der Waals surface area contributed by atoms with E-state index in [9.17, 15) is 4.79 Å². The fraction of sp³-hybridized carbons (Fsp3) is 0.400. The maximum Gasteiger partial charge on any atom is 0.223 e. The van der Waals surface area contributed by atoms with Crippen molar-refractivity contribution in [2.45, 2.75) is 19.4 Å². The van der Waals surface area contributed by atoms with Gasteiger partial charge in [-0.05, 0) is 55.9 Å². The molecule has 1 aromatic heterocycles. The van der Waals surface area contributed by atoms with Crippen LogP contribution < -0.4 is 4.74 Å². The van der Waals surface area contributed by atoms with Crippen LogP contribution >= 0.6 is 0 Å². The molecule has 0 aliphatic rings. The van der Waals surface area contributed by atoms with Crippen molar-refractivity contribution in [2.24, 2.45) is 0 Å². The molecular weight excluding hydrogens is 314 g/mol. The van der Waals surface area contributed by atoms with Crippen molar-refractivity contribution in [1.82, 2.24) is 14.8 Å². The minimum atomic E-state index is 0.168.